The summed E-state index contributed by atoms with van der Waals surface area (Å²) >= 11 is 3.14. The summed E-state index contributed by atoms with van der Waals surface area (Å²) in [4.78, 5) is 11.3. The summed E-state index contributed by atoms with van der Waals surface area (Å²) in [5.74, 6) is -0.0178. The minimum absolute atomic E-state index is 0.0178. The second-order valence-electron chi connectivity index (χ2n) is 3.55. The van der Waals surface area contributed by atoms with Crippen LogP contribution in [0.25, 0.3) is 0 Å². The van der Waals surface area contributed by atoms with Crippen molar-refractivity contribution in [3.05, 3.63) is 23.8 Å². The van der Waals surface area contributed by atoms with Crippen LogP contribution < -0.4 is 10.6 Å². The largest absolute Gasteiger partial charge is 0.383 e. The van der Waals surface area contributed by atoms with Gasteiger partial charge < -0.3 is 10.6 Å². The number of para-hydroxylation sites is 1. The van der Waals surface area contributed by atoms with Crippen LogP contribution in [-0.4, -0.2) is 17.8 Å². The average molecular weight is 269 g/mol. The standard InChI is InChI=1S/C11H13BrN2O/c12-7-10(15)14-9-5-1-3-8-4-2-6-13-11(8)9/h1,3,5,13H,2,4,6-7H2,(H,14,15). The molecule has 0 aliphatic carbocycles. The number of halogens is 1. The smallest absolute Gasteiger partial charge is 0.235 e. The third-order valence-corrected chi connectivity index (χ3v) is 2.98. The number of anilines is 2. The number of hydrogen-bond acceptors (Lipinski definition) is 2. The second kappa shape index (κ2) is 4.66. The number of benzene rings is 1. The zero-order valence-electron chi connectivity index (χ0n) is 8.35. The van der Waals surface area contributed by atoms with E-state index in [1.165, 1.54) is 5.56 Å². The molecule has 0 aromatic heterocycles. The van der Waals surface area contributed by atoms with Crippen molar-refractivity contribution in [2.45, 2.75) is 12.8 Å². The van der Waals surface area contributed by atoms with Gasteiger partial charge >= 0.3 is 0 Å². The predicted molar refractivity (Wildman–Crippen MR) is 65.7 cm³/mol. The van der Waals surface area contributed by atoms with E-state index in [1.54, 1.807) is 0 Å². The number of amides is 1. The number of rotatable bonds is 2. The molecule has 3 nitrogen and oxygen atoms in total. The van der Waals surface area contributed by atoms with Crippen LogP contribution in [0.4, 0.5) is 11.4 Å². The first-order valence-electron chi connectivity index (χ1n) is 5.03. The fourth-order valence-electron chi connectivity index (χ4n) is 1.80. The summed E-state index contributed by atoms with van der Waals surface area (Å²) in [6, 6.07) is 6.01. The van der Waals surface area contributed by atoms with Crippen molar-refractivity contribution in [1.82, 2.24) is 0 Å². The van der Waals surface area contributed by atoms with Gasteiger partial charge in [-0.15, -0.1) is 0 Å². The molecule has 1 aromatic rings. The summed E-state index contributed by atoms with van der Waals surface area (Å²) < 4.78 is 0. The van der Waals surface area contributed by atoms with E-state index in [9.17, 15) is 4.79 Å². The minimum Gasteiger partial charge on any atom is -0.383 e. The molecule has 1 heterocycles. The summed E-state index contributed by atoms with van der Waals surface area (Å²) in [7, 11) is 0. The van der Waals surface area contributed by atoms with E-state index >= 15 is 0 Å². The molecular formula is C11H13BrN2O. The first-order valence-corrected chi connectivity index (χ1v) is 6.15. The SMILES string of the molecule is O=C(CBr)Nc1cccc2c1NCCC2. The van der Waals surface area contributed by atoms with Crippen LogP contribution in [0.15, 0.2) is 18.2 Å². The molecule has 0 bridgehead atoms. The summed E-state index contributed by atoms with van der Waals surface area (Å²) in [6.45, 7) is 0.980. The Morgan fingerprint density at radius 1 is 1.53 bits per heavy atom. The molecule has 2 N–H and O–H groups in total. The van der Waals surface area contributed by atoms with Crippen molar-refractivity contribution in [2.75, 3.05) is 22.5 Å². The van der Waals surface area contributed by atoms with Gasteiger partial charge in [0.2, 0.25) is 5.91 Å². The molecular weight excluding hydrogens is 256 g/mol. The number of nitrogens with one attached hydrogen (secondary N) is 2. The predicted octanol–water partition coefficient (Wildman–Crippen LogP) is 2.38. The second-order valence-corrected chi connectivity index (χ2v) is 4.11. The number of carbonyl (C=O) groups excluding carboxylic acids is 1. The van der Waals surface area contributed by atoms with Crippen molar-refractivity contribution >= 4 is 33.2 Å². The minimum atomic E-state index is -0.0178. The molecule has 1 aliphatic heterocycles. The molecule has 1 aromatic carbocycles. The fourth-order valence-corrected chi connectivity index (χ4v) is 1.94. The Balaban J connectivity index is 2.27. The van der Waals surface area contributed by atoms with Crippen LogP contribution in [-0.2, 0) is 11.2 Å². The molecule has 0 radical (unpaired) electrons. The van der Waals surface area contributed by atoms with E-state index in [-0.39, 0.29) is 5.91 Å². The van der Waals surface area contributed by atoms with Crippen LogP contribution >= 0.6 is 15.9 Å². The Morgan fingerprint density at radius 3 is 3.20 bits per heavy atom. The van der Waals surface area contributed by atoms with Crippen LogP contribution in [0.1, 0.15) is 12.0 Å². The highest BCUT2D eigenvalue weighted by molar-refractivity contribution is 9.09. The third kappa shape index (κ3) is 2.31. The molecule has 2 rings (SSSR count). The number of carbonyl (C=O) groups is 1. The zero-order valence-corrected chi connectivity index (χ0v) is 9.93. The van der Waals surface area contributed by atoms with Crippen LogP contribution in [0, 0.1) is 0 Å². The topological polar surface area (TPSA) is 41.1 Å². The molecule has 80 valence electrons. The molecule has 0 saturated heterocycles. The van der Waals surface area contributed by atoms with E-state index in [0.29, 0.717) is 5.33 Å². The molecule has 0 unspecified atom stereocenters. The number of hydrogen-bond donors (Lipinski definition) is 2. The molecule has 0 atom stereocenters. The summed E-state index contributed by atoms with van der Waals surface area (Å²) in [5, 5.41) is 6.53. The Morgan fingerprint density at radius 2 is 2.40 bits per heavy atom. The Kier molecular flexibility index (Phi) is 3.26. The normalized spacial score (nSPS) is 13.9. The average Bonchev–Trinajstić information content (AvgIpc) is 2.29. The molecule has 0 fully saturated rings. The van der Waals surface area contributed by atoms with Crippen molar-refractivity contribution in [2.24, 2.45) is 0 Å². The molecule has 0 spiro atoms. The van der Waals surface area contributed by atoms with Crippen molar-refractivity contribution in [1.29, 1.82) is 0 Å². The Bertz CT molecular complexity index is 379. The first-order chi connectivity index (χ1) is 7.31. The van der Waals surface area contributed by atoms with Crippen LogP contribution in [0.3, 0.4) is 0 Å². The lowest BCUT2D eigenvalue weighted by Gasteiger charge is -2.21. The van der Waals surface area contributed by atoms with Gasteiger partial charge in [-0.25, -0.2) is 0 Å². The summed E-state index contributed by atoms with van der Waals surface area (Å²) in [6.07, 6.45) is 2.24. The van der Waals surface area contributed by atoms with Gasteiger partial charge in [-0.3, -0.25) is 4.79 Å². The Labute approximate surface area is 97.4 Å². The molecule has 1 aliphatic rings. The number of fused-ring (bicyclic) bond motifs is 1. The van der Waals surface area contributed by atoms with Gasteiger partial charge in [-0.1, -0.05) is 28.1 Å². The van der Waals surface area contributed by atoms with Crippen molar-refractivity contribution in [3.8, 4) is 0 Å². The highest BCUT2D eigenvalue weighted by atomic mass is 79.9. The van der Waals surface area contributed by atoms with E-state index in [1.807, 2.05) is 12.1 Å². The van der Waals surface area contributed by atoms with Gasteiger partial charge in [0, 0.05) is 6.54 Å². The lowest BCUT2D eigenvalue weighted by atomic mass is 10.0. The Hall–Kier alpha value is -1.03. The van der Waals surface area contributed by atoms with Crippen molar-refractivity contribution in [3.63, 3.8) is 0 Å². The van der Waals surface area contributed by atoms with Gasteiger partial charge in [0.1, 0.15) is 0 Å². The van der Waals surface area contributed by atoms with Crippen LogP contribution in [0.2, 0.25) is 0 Å². The zero-order chi connectivity index (χ0) is 10.7. The molecule has 1 amide bonds. The van der Waals surface area contributed by atoms with E-state index in [4.69, 9.17) is 0 Å². The van der Waals surface area contributed by atoms with E-state index in [2.05, 4.69) is 32.6 Å². The molecule has 15 heavy (non-hydrogen) atoms. The highest BCUT2D eigenvalue weighted by Crippen LogP contribution is 2.29. The van der Waals surface area contributed by atoms with E-state index < -0.39 is 0 Å². The maximum atomic E-state index is 11.3. The maximum Gasteiger partial charge on any atom is 0.235 e. The van der Waals surface area contributed by atoms with Gasteiger partial charge in [0.25, 0.3) is 0 Å². The van der Waals surface area contributed by atoms with Gasteiger partial charge in [0.05, 0.1) is 16.7 Å². The lowest BCUT2D eigenvalue weighted by Crippen LogP contribution is -2.18. The molecule has 0 saturated carbocycles. The fraction of sp³-hybridized carbons (Fsp3) is 0.364. The number of alkyl halides is 1. The first kappa shape index (κ1) is 10.5. The quantitative estimate of drug-likeness (QED) is 0.809. The van der Waals surface area contributed by atoms with E-state index in [0.717, 1.165) is 30.8 Å². The highest BCUT2D eigenvalue weighted by Gasteiger charge is 2.13. The maximum absolute atomic E-state index is 11.3. The molecule has 4 heteroatoms. The monoisotopic (exact) mass is 268 g/mol. The lowest BCUT2D eigenvalue weighted by molar-refractivity contribution is -0.113. The third-order valence-electron chi connectivity index (χ3n) is 2.47. The van der Waals surface area contributed by atoms with Gasteiger partial charge in [-0.05, 0) is 24.5 Å². The van der Waals surface area contributed by atoms with Crippen molar-refractivity contribution < 1.29 is 4.79 Å². The van der Waals surface area contributed by atoms with Gasteiger partial charge in [-0.2, -0.15) is 0 Å². The van der Waals surface area contributed by atoms with Gasteiger partial charge in [0.15, 0.2) is 0 Å². The summed E-state index contributed by atoms with van der Waals surface area (Å²) in [5.41, 5.74) is 3.25. The number of aryl methyl sites for hydroxylation is 1. The van der Waals surface area contributed by atoms with Crippen LogP contribution in [0.5, 0.6) is 0 Å².